The summed E-state index contributed by atoms with van der Waals surface area (Å²) in [6.45, 7) is 4.59. The average Bonchev–Trinajstić information content (AvgIpc) is 2.62. The summed E-state index contributed by atoms with van der Waals surface area (Å²) in [7, 11) is 1.92. The average molecular weight is 321 g/mol. The maximum absolute atomic E-state index is 5.83. The summed E-state index contributed by atoms with van der Waals surface area (Å²) in [5, 5.41) is 6.75. The summed E-state index contributed by atoms with van der Waals surface area (Å²) in [6, 6.07) is 18.3. The van der Waals surface area contributed by atoms with Crippen LogP contribution < -0.4 is 15.4 Å². The van der Waals surface area contributed by atoms with Crippen LogP contribution in [0.1, 0.15) is 25.0 Å². The van der Waals surface area contributed by atoms with E-state index >= 15 is 0 Å². The quantitative estimate of drug-likeness (QED) is 0.886. The lowest BCUT2D eigenvalue weighted by molar-refractivity contribution is 0.324. The SMILES string of the molecule is CCOc1ccccc1C1(NC)C=C(c2ccccc2)NC(C)=N1. The van der Waals surface area contributed by atoms with Crippen LogP contribution in [0.25, 0.3) is 5.70 Å². The largest absolute Gasteiger partial charge is 0.493 e. The Labute approximate surface area is 143 Å². The Morgan fingerprint density at radius 2 is 1.79 bits per heavy atom. The number of hydrogen-bond donors (Lipinski definition) is 2. The number of hydrogen-bond acceptors (Lipinski definition) is 4. The molecule has 4 heteroatoms. The lowest BCUT2D eigenvalue weighted by Crippen LogP contribution is -2.43. The van der Waals surface area contributed by atoms with Crippen LogP contribution in [0, 0.1) is 0 Å². The van der Waals surface area contributed by atoms with Gasteiger partial charge in [-0.3, -0.25) is 5.32 Å². The first kappa shape index (κ1) is 16.3. The predicted octanol–water partition coefficient (Wildman–Crippen LogP) is 3.52. The van der Waals surface area contributed by atoms with E-state index in [1.165, 1.54) is 0 Å². The number of ether oxygens (including phenoxy) is 1. The second-order valence-corrected chi connectivity index (χ2v) is 5.69. The van der Waals surface area contributed by atoms with Crippen molar-refractivity contribution >= 4 is 11.5 Å². The zero-order chi connectivity index (χ0) is 17.0. The summed E-state index contributed by atoms with van der Waals surface area (Å²) in [5.41, 5.74) is 2.50. The Morgan fingerprint density at radius 3 is 2.50 bits per heavy atom. The number of nitrogens with zero attached hydrogens (tertiary/aromatic N) is 1. The van der Waals surface area contributed by atoms with Gasteiger partial charge in [0.05, 0.1) is 6.61 Å². The van der Waals surface area contributed by atoms with Crippen LogP contribution in [-0.4, -0.2) is 19.5 Å². The molecule has 2 N–H and O–H groups in total. The van der Waals surface area contributed by atoms with Crippen molar-refractivity contribution in [3.8, 4) is 5.75 Å². The molecule has 0 aromatic heterocycles. The number of para-hydroxylation sites is 1. The molecule has 0 fully saturated rings. The fourth-order valence-corrected chi connectivity index (χ4v) is 3.00. The molecule has 0 aliphatic carbocycles. The Balaban J connectivity index is 2.14. The Morgan fingerprint density at radius 1 is 1.08 bits per heavy atom. The molecule has 24 heavy (non-hydrogen) atoms. The number of benzene rings is 2. The molecule has 3 rings (SSSR count). The van der Waals surface area contributed by atoms with E-state index in [1.54, 1.807) is 0 Å². The minimum atomic E-state index is -0.660. The molecule has 0 radical (unpaired) electrons. The number of likely N-dealkylation sites (N-methyl/N-ethyl adjacent to an activating group) is 1. The lowest BCUT2D eigenvalue weighted by atomic mass is 9.94. The molecule has 1 unspecified atom stereocenters. The van der Waals surface area contributed by atoms with E-state index in [2.05, 4.69) is 34.9 Å². The van der Waals surface area contributed by atoms with Gasteiger partial charge in [-0.1, -0.05) is 48.5 Å². The molecular weight excluding hydrogens is 298 g/mol. The molecule has 1 aliphatic heterocycles. The number of aliphatic imine (C=N–C) groups is 1. The van der Waals surface area contributed by atoms with Crippen molar-refractivity contribution in [2.75, 3.05) is 13.7 Å². The van der Waals surface area contributed by atoms with Crippen molar-refractivity contribution in [3.05, 3.63) is 71.8 Å². The van der Waals surface area contributed by atoms with Crippen LogP contribution >= 0.6 is 0 Å². The van der Waals surface area contributed by atoms with Gasteiger partial charge >= 0.3 is 0 Å². The molecule has 2 aromatic rings. The van der Waals surface area contributed by atoms with E-state index in [9.17, 15) is 0 Å². The van der Waals surface area contributed by atoms with Gasteiger partial charge in [-0.25, -0.2) is 4.99 Å². The lowest BCUT2D eigenvalue weighted by Gasteiger charge is -2.33. The van der Waals surface area contributed by atoms with Crippen molar-refractivity contribution in [3.63, 3.8) is 0 Å². The van der Waals surface area contributed by atoms with Gasteiger partial charge in [-0.2, -0.15) is 0 Å². The van der Waals surface area contributed by atoms with Crippen LogP contribution in [0.5, 0.6) is 5.75 Å². The molecular formula is C20H23N3O. The second-order valence-electron chi connectivity index (χ2n) is 5.69. The van der Waals surface area contributed by atoms with Gasteiger partial charge in [0.15, 0.2) is 5.66 Å². The topological polar surface area (TPSA) is 45.6 Å². The normalized spacial score (nSPS) is 20.0. The maximum atomic E-state index is 5.83. The van der Waals surface area contributed by atoms with Crippen LogP contribution in [0.2, 0.25) is 0 Å². The van der Waals surface area contributed by atoms with Crippen LogP contribution in [0.3, 0.4) is 0 Å². The molecule has 0 saturated heterocycles. The highest BCUT2D eigenvalue weighted by molar-refractivity contribution is 5.92. The maximum Gasteiger partial charge on any atom is 0.162 e. The van der Waals surface area contributed by atoms with E-state index in [-0.39, 0.29) is 0 Å². The fraction of sp³-hybridized carbons (Fsp3) is 0.250. The first-order valence-corrected chi connectivity index (χ1v) is 8.21. The Bertz CT molecular complexity index is 767. The third kappa shape index (κ3) is 3.05. The van der Waals surface area contributed by atoms with Gasteiger partial charge in [-0.15, -0.1) is 0 Å². The van der Waals surface area contributed by atoms with E-state index in [1.807, 2.05) is 57.3 Å². The zero-order valence-electron chi connectivity index (χ0n) is 14.3. The van der Waals surface area contributed by atoms with E-state index in [4.69, 9.17) is 9.73 Å². The van der Waals surface area contributed by atoms with Crippen molar-refractivity contribution in [1.82, 2.24) is 10.6 Å². The second kappa shape index (κ2) is 6.89. The van der Waals surface area contributed by atoms with Gasteiger partial charge in [0.25, 0.3) is 0 Å². The molecule has 124 valence electrons. The monoisotopic (exact) mass is 321 g/mol. The summed E-state index contributed by atoms with van der Waals surface area (Å²) in [4.78, 5) is 4.86. The van der Waals surface area contributed by atoms with Crippen LogP contribution in [-0.2, 0) is 5.66 Å². The first-order valence-electron chi connectivity index (χ1n) is 8.21. The van der Waals surface area contributed by atoms with Gasteiger partial charge in [-0.05, 0) is 38.6 Å². The summed E-state index contributed by atoms with van der Waals surface area (Å²) < 4.78 is 5.83. The first-order chi connectivity index (χ1) is 11.7. The van der Waals surface area contributed by atoms with Gasteiger partial charge in [0.1, 0.15) is 11.6 Å². The molecule has 1 heterocycles. The van der Waals surface area contributed by atoms with Gasteiger partial charge < -0.3 is 10.1 Å². The van der Waals surface area contributed by atoms with Crippen molar-refractivity contribution in [2.24, 2.45) is 4.99 Å². The standard InChI is InChI=1S/C20H23N3O/c1-4-24-19-13-9-8-12-17(19)20(21-3)14-18(22-15(2)23-20)16-10-6-5-7-11-16/h5-14,21H,4H2,1-3H3,(H,22,23). The van der Waals surface area contributed by atoms with E-state index < -0.39 is 5.66 Å². The molecule has 0 amide bonds. The molecule has 4 nitrogen and oxygen atoms in total. The number of nitrogens with one attached hydrogen (secondary N) is 2. The predicted molar refractivity (Wildman–Crippen MR) is 99.0 cm³/mol. The smallest absolute Gasteiger partial charge is 0.162 e. The van der Waals surface area contributed by atoms with Gasteiger partial charge in [0, 0.05) is 11.3 Å². The molecule has 1 atom stereocenters. The zero-order valence-corrected chi connectivity index (χ0v) is 14.3. The molecule has 0 spiro atoms. The van der Waals surface area contributed by atoms with E-state index in [0.717, 1.165) is 28.4 Å². The molecule has 0 saturated carbocycles. The summed E-state index contributed by atoms with van der Waals surface area (Å²) >= 11 is 0. The highest BCUT2D eigenvalue weighted by atomic mass is 16.5. The van der Waals surface area contributed by atoms with Crippen LogP contribution in [0.15, 0.2) is 65.7 Å². The number of rotatable bonds is 5. The third-order valence-electron chi connectivity index (χ3n) is 4.08. The van der Waals surface area contributed by atoms with Crippen molar-refractivity contribution in [1.29, 1.82) is 0 Å². The Hall–Kier alpha value is -2.59. The van der Waals surface area contributed by atoms with Crippen LogP contribution in [0.4, 0.5) is 0 Å². The minimum Gasteiger partial charge on any atom is -0.493 e. The summed E-state index contributed by atoms with van der Waals surface area (Å²) in [6.07, 6.45) is 2.12. The Kier molecular flexibility index (Phi) is 4.67. The molecule has 2 aromatic carbocycles. The van der Waals surface area contributed by atoms with E-state index in [0.29, 0.717) is 6.61 Å². The minimum absolute atomic E-state index is 0.618. The fourth-order valence-electron chi connectivity index (χ4n) is 3.00. The van der Waals surface area contributed by atoms with Gasteiger partial charge in [0.2, 0.25) is 0 Å². The van der Waals surface area contributed by atoms with Crippen molar-refractivity contribution in [2.45, 2.75) is 19.5 Å². The number of amidine groups is 1. The molecule has 0 bridgehead atoms. The summed E-state index contributed by atoms with van der Waals surface area (Å²) in [5.74, 6) is 1.70. The highest BCUT2D eigenvalue weighted by Crippen LogP contribution is 2.36. The molecule has 1 aliphatic rings. The highest BCUT2D eigenvalue weighted by Gasteiger charge is 2.34. The van der Waals surface area contributed by atoms with Crippen molar-refractivity contribution < 1.29 is 4.74 Å². The third-order valence-corrected chi connectivity index (χ3v) is 4.08.